The number of hydrogen-bond acceptors (Lipinski definition) is 1. The Morgan fingerprint density at radius 1 is 1.18 bits per heavy atom. The average Bonchev–Trinajstić information content (AvgIpc) is 2.39. The van der Waals surface area contributed by atoms with Crippen LogP contribution in [-0.4, -0.2) is 6.04 Å². The molecule has 0 unspecified atom stereocenters. The van der Waals surface area contributed by atoms with E-state index < -0.39 is 0 Å². The quantitative estimate of drug-likeness (QED) is 0.566. The molecule has 0 aromatic rings. The fourth-order valence-corrected chi connectivity index (χ4v) is 2.89. The minimum atomic E-state index is 0.484. The van der Waals surface area contributed by atoms with E-state index in [0.29, 0.717) is 11.5 Å². The molecule has 1 nitrogen and oxygen atoms in total. The van der Waals surface area contributed by atoms with E-state index in [2.05, 4.69) is 20.8 Å². The molecule has 0 aliphatic heterocycles. The fraction of sp³-hybridized carbons (Fsp3) is 1.00. The van der Waals surface area contributed by atoms with E-state index in [1.165, 1.54) is 12.8 Å². The summed E-state index contributed by atoms with van der Waals surface area (Å²) in [6.45, 7) is 7.09. The Balaban J connectivity index is 2.07. The van der Waals surface area contributed by atoms with Gasteiger partial charge in [0, 0.05) is 6.04 Å². The number of rotatable bonds is 0. The zero-order chi connectivity index (χ0) is 8.22. The smallest absolute Gasteiger partial charge is 0.00675 e. The molecule has 0 saturated heterocycles. The van der Waals surface area contributed by atoms with E-state index >= 15 is 0 Å². The lowest BCUT2D eigenvalue weighted by Gasteiger charge is -2.23. The summed E-state index contributed by atoms with van der Waals surface area (Å²) in [5.74, 6) is 2.71. The lowest BCUT2D eigenvalue weighted by molar-refractivity contribution is 0.317. The van der Waals surface area contributed by atoms with E-state index in [9.17, 15) is 0 Å². The molecule has 0 amide bonds. The summed E-state index contributed by atoms with van der Waals surface area (Å²) in [7, 11) is 0. The Labute approximate surface area is 69.4 Å². The SMILES string of the molecule is C[C@H]1C[C@@H]2[C@H](C[C@@H]1N)C2(C)C. The van der Waals surface area contributed by atoms with Crippen LogP contribution in [0.15, 0.2) is 0 Å². The molecule has 2 fully saturated rings. The number of fused-ring (bicyclic) bond motifs is 1. The first-order valence-corrected chi connectivity index (χ1v) is 4.79. The largest absolute Gasteiger partial charge is 0.327 e. The highest BCUT2D eigenvalue weighted by Crippen LogP contribution is 2.65. The van der Waals surface area contributed by atoms with Gasteiger partial charge in [0.25, 0.3) is 0 Å². The maximum absolute atomic E-state index is 6.02. The minimum absolute atomic E-state index is 0.484. The summed E-state index contributed by atoms with van der Waals surface area (Å²) in [4.78, 5) is 0. The Hall–Kier alpha value is -0.0400. The van der Waals surface area contributed by atoms with E-state index in [-0.39, 0.29) is 0 Å². The molecule has 0 aromatic heterocycles. The summed E-state index contributed by atoms with van der Waals surface area (Å²) in [5.41, 5.74) is 6.64. The molecule has 2 aliphatic carbocycles. The van der Waals surface area contributed by atoms with Gasteiger partial charge in [-0.15, -0.1) is 0 Å². The zero-order valence-corrected chi connectivity index (χ0v) is 7.80. The monoisotopic (exact) mass is 153 g/mol. The van der Waals surface area contributed by atoms with Gasteiger partial charge in [-0.05, 0) is 36.0 Å². The first-order valence-electron chi connectivity index (χ1n) is 4.79. The highest BCUT2D eigenvalue weighted by molar-refractivity contribution is 5.09. The van der Waals surface area contributed by atoms with Gasteiger partial charge in [-0.3, -0.25) is 0 Å². The highest BCUT2D eigenvalue weighted by Gasteiger charge is 2.59. The predicted molar refractivity (Wildman–Crippen MR) is 47.1 cm³/mol. The molecule has 0 aromatic carbocycles. The van der Waals surface area contributed by atoms with Gasteiger partial charge in [0.15, 0.2) is 0 Å². The highest BCUT2D eigenvalue weighted by atomic mass is 14.7. The molecular weight excluding hydrogens is 134 g/mol. The molecule has 1 heteroatoms. The molecule has 4 atom stereocenters. The number of hydrogen-bond donors (Lipinski definition) is 1. The molecule has 2 aliphatic rings. The normalized spacial score (nSPS) is 53.5. The second kappa shape index (κ2) is 2.01. The van der Waals surface area contributed by atoms with Crippen molar-refractivity contribution in [2.24, 2.45) is 28.9 Å². The third-order valence-corrected chi connectivity index (χ3v) is 4.17. The molecule has 2 saturated carbocycles. The molecule has 64 valence electrons. The molecule has 0 heterocycles. The van der Waals surface area contributed by atoms with E-state index in [0.717, 1.165) is 17.8 Å². The van der Waals surface area contributed by atoms with Crippen LogP contribution in [0.3, 0.4) is 0 Å². The molecule has 0 radical (unpaired) electrons. The Bertz CT molecular complexity index is 156. The van der Waals surface area contributed by atoms with E-state index in [1.54, 1.807) is 0 Å². The van der Waals surface area contributed by atoms with Gasteiger partial charge in [0.05, 0.1) is 0 Å². The molecule has 11 heavy (non-hydrogen) atoms. The topological polar surface area (TPSA) is 26.0 Å². The van der Waals surface area contributed by atoms with Crippen LogP contribution in [0.4, 0.5) is 0 Å². The fourth-order valence-electron chi connectivity index (χ4n) is 2.89. The van der Waals surface area contributed by atoms with Crippen molar-refractivity contribution in [3.05, 3.63) is 0 Å². The first-order chi connectivity index (χ1) is 5.03. The van der Waals surface area contributed by atoms with Gasteiger partial charge in [0.2, 0.25) is 0 Å². The summed E-state index contributed by atoms with van der Waals surface area (Å²) in [6.07, 6.45) is 2.65. The van der Waals surface area contributed by atoms with Crippen molar-refractivity contribution < 1.29 is 0 Å². The second-order valence-electron chi connectivity index (χ2n) is 5.15. The van der Waals surface area contributed by atoms with Gasteiger partial charge >= 0.3 is 0 Å². The maximum Gasteiger partial charge on any atom is 0.00675 e. The first kappa shape index (κ1) is 7.60. The van der Waals surface area contributed by atoms with E-state index in [4.69, 9.17) is 5.73 Å². The predicted octanol–water partition coefficient (Wildman–Crippen LogP) is 2.02. The Morgan fingerprint density at radius 3 is 2.27 bits per heavy atom. The van der Waals surface area contributed by atoms with Gasteiger partial charge in [-0.2, -0.15) is 0 Å². The van der Waals surface area contributed by atoms with Crippen molar-refractivity contribution in [1.82, 2.24) is 0 Å². The summed E-state index contributed by atoms with van der Waals surface area (Å²) >= 11 is 0. The number of nitrogens with two attached hydrogens (primary N) is 1. The van der Waals surface area contributed by atoms with Crippen LogP contribution in [0.1, 0.15) is 33.6 Å². The van der Waals surface area contributed by atoms with Gasteiger partial charge < -0.3 is 5.73 Å². The van der Waals surface area contributed by atoms with Crippen molar-refractivity contribution >= 4 is 0 Å². The third kappa shape index (κ3) is 0.936. The van der Waals surface area contributed by atoms with E-state index in [1.807, 2.05) is 0 Å². The zero-order valence-electron chi connectivity index (χ0n) is 7.80. The Morgan fingerprint density at radius 2 is 1.73 bits per heavy atom. The molecule has 2 N–H and O–H groups in total. The molecule has 0 bridgehead atoms. The average molecular weight is 153 g/mol. The second-order valence-corrected chi connectivity index (χ2v) is 5.15. The van der Waals surface area contributed by atoms with Crippen LogP contribution < -0.4 is 5.73 Å². The van der Waals surface area contributed by atoms with Crippen molar-refractivity contribution in [2.45, 2.75) is 39.7 Å². The maximum atomic E-state index is 6.02. The van der Waals surface area contributed by atoms with Crippen LogP contribution in [0.5, 0.6) is 0 Å². The molecule has 2 rings (SSSR count). The van der Waals surface area contributed by atoms with Crippen LogP contribution in [0.2, 0.25) is 0 Å². The minimum Gasteiger partial charge on any atom is -0.327 e. The van der Waals surface area contributed by atoms with Crippen LogP contribution in [0.25, 0.3) is 0 Å². The van der Waals surface area contributed by atoms with Crippen LogP contribution in [-0.2, 0) is 0 Å². The molecular formula is C10H19N. The summed E-state index contributed by atoms with van der Waals surface area (Å²) in [6, 6.07) is 0.484. The lowest BCUT2D eigenvalue weighted by Crippen LogP contribution is -2.32. The van der Waals surface area contributed by atoms with Crippen molar-refractivity contribution in [3.63, 3.8) is 0 Å². The lowest BCUT2D eigenvalue weighted by atomic mass is 9.87. The van der Waals surface area contributed by atoms with Gasteiger partial charge in [-0.1, -0.05) is 20.8 Å². The van der Waals surface area contributed by atoms with Crippen LogP contribution in [0, 0.1) is 23.2 Å². The standard InChI is InChI=1S/C10H19N/c1-6-4-7-8(5-9(6)11)10(7,2)3/h6-9H,4-5,11H2,1-3H3/t6-,7+,8-,9-/m0/s1. The molecule has 0 spiro atoms. The Kier molecular flexibility index (Phi) is 1.39. The van der Waals surface area contributed by atoms with Gasteiger partial charge in [0.1, 0.15) is 0 Å². The summed E-state index contributed by atoms with van der Waals surface area (Å²) < 4.78 is 0. The van der Waals surface area contributed by atoms with Crippen LogP contribution >= 0.6 is 0 Å². The van der Waals surface area contributed by atoms with Crippen molar-refractivity contribution in [1.29, 1.82) is 0 Å². The third-order valence-electron chi connectivity index (χ3n) is 4.17. The van der Waals surface area contributed by atoms with Crippen molar-refractivity contribution in [3.8, 4) is 0 Å². The van der Waals surface area contributed by atoms with Crippen molar-refractivity contribution in [2.75, 3.05) is 0 Å². The van der Waals surface area contributed by atoms with Gasteiger partial charge in [-0.25, -0.2) is 0 Å². The summed E-state index contributed by atoms with van der Waals surface area (Å²) in [5, 5.41) is 0.